The summed E-state index contributed by atoms with van der Waals surface area (Å²) < 4.78 is 5.86. The van der Waals surface area contributed by atoms with Crippen molar-refractivity contribution in [2.24, 2.45) is 0 Å². The normalized spacial score (nSPS) is 11.0. The minimum absolute atomic E-state index is 0.422. The van der Waals surface area contributed by atoms with Crippen molar-refractivity contribution in [3.8, 4) is 5.75 Å². The molecule has 0 aliphatic heterocycles. The third-order valence-electron chi connectivity index (χ3n) is 3.96. The number of thiazole rings is 1. The Morgan fingerprint density at radius 1 is 0.923 bits per heavy atom. The number of pyridine rings is 1. The largest absolute Gasteiger partial charge is 0.489 e. The first kappa shape index (κ1) is 17.3. The molecule has 4 aromatic rings. The van der Waals surface area contributed by atoms with E-state index in [9.17, 15) is 0 Å². The second-order valence-corrected chi connectivity index (χ2v) is 7.67. The second kappa shape index (κ2) is 7.62. The van der Waals surface area contributed by atoms with Crippen LogP contribution in [0, 0.1) is 0 Å². The van der Waals surface area contributed by atoms with Crippen molar-refractivity contribution in [1.82, 2.24) is 9.97 Å². The molecule has 0 spiro atoms. The van der Waals surface area contributed by atoms with Crippen LogP contribution in [0.2, 0.25) is 10.0 Å². The average Bonchev–Trinajstić information content (AvgIpc) is 3.15. The van der Waals surface area contributed by atoms with E-state index >= 15 is 0 Å². The highest BCUT2D eigenvalue weighted by atomic mass is 35.5. The Morgan fingerprint density at radius 3 is 2.65 bits per heavy atom. The van der Waals surface area contributed by atoms with Gasteiger partial charge in [-0.25, -0.2) is 0 Å². The summed E-state index contributed by atoms with van der Waals surface area (Å²) in [6.45, 7) is 0.422. The quantitative estimate of drug-likeness (QED) is 0.401. The zero-order valence-corrected chi connectivity index (χ0v) is 16.0. The summed E-state index contributed by atoms with van der Waals surface area (Å²) in [5.74, 6) is 0.770. The molecule has 0 saturated carbocycles. The Balaban J connectivity index is 1.49. The minimum atomic E-state index is 0.422. The summed E-state index contributed by atoms with van der Waals surface area (Å²) in [4.78, 5) is 9.91. The summed E-state index contributed by atoms with van der Waals surface area (Å²) >= 11 is 13.6. The van der Waals surface area contributed by atoms with Gasteiger partial charge in [0.15, 0.2) is 0 Å². The number of benzene rings is 2. The molecular weight excluding hydrogens is 387 g/mol. The van der Waals surface area contributed by atoms with Crippen LogP contribution in [0.3, 0.4) is 0 Å². The van der Waals surface area contributed by atoms with Crippen molar-refractivity contribution in [2.45, 2.75) is 13.0 Å². The fourth-order valence-electron chi connectivity index (χ4n) is 2.66. The fraction of sp³-hybridized carbons (Fsp3) is 0.100. The van der Waals surface area contributed by atoms with Crippen LogP contribution in [-0.2, 0) is 13.0 Å². The maximum atomic E-state index is 6.04. The van der Waals surface area contributed by atoms with Crippen molar-refractivity contribution >= 4 is 45.4 Å². The number of hydrogen-bond donors (Lipinski definition) is 0. The van der Waals surface area contributed by atoms with Crippen molar-refractivity contribution in [3.63, 3.8) is 0 Å². The molecule has 2 heterocycles. The average molecular weight is 401 g/mol. The van der Waals surface area contributed by atoms with Gasteiger partial charge in [0.2, 0.25) is 0 Å². The number of nitrogens with zero attached hydrogens (tertiary/aromatic N) is 2. The van der Waals surface area contributed by atoms with Crippen LogP contribution < -0.4 is 4.74 Å². The molecule has 0 atom stereocenters. The first-order valence-electron chi connectivity index (χ1n) is 8.00. The van der Waals surface area contributed by atoms with Gasteiger partial charge in [-0.2, -0.15) is 0 Å². The Bertz CT molecular complexity index is 1050. The maximum Gasteiger partial charge on any atom is 0.122 e. The molecule has 2 aromatic carbocycles. The van der Waals surface area contributed by atoms with E-state index in [1.807, 2.05) is 48.2 Å². The number of halogens is 2. The summed E-state index contributed by atoms with van der Waals surface area (Å²) in [7, 11) is 0. The lowest BCUT2D eigenvalue weighted by atomic mass is 10.1. The van der Waals surface area contributed by atoms with E-state index in [0.29, 0.717) is 16.7 Å². The lowest BCUT2D eigenvalue weighted by molar-refractivity contribution is 0.306. The number of hydrogen-bond acceptors (Lipinski definition) is 4. The van der Waals surface area contributed by atoms with Crippen LogP contribution in [0.25, 0.3) is 10.9 Å². The van der Waals surface area contributed by atoms with Gasteiger partial charge in [-0.05, 0) is 41.5 Å². The molecule has 0 N–H and O–H groups in total. The Hall–Kier alpha value is -2.14. The number of fused-ring (bicyclic) bond motifs is 1. The lowest BCUT2D eigenvalue weighted by Gasteiger charge is -2.09. The predicted molar refractivity (Wildman–Crippen MR) is 107 cm³/mol. The third kappa shape index (κ3) is 3.98. The molecule has 130 valence electrons. The van der Waals surface area contributed by atoms with Crippen LogP contribution in [0.1, 0.15) is 16.0 Å². The van der Waals surface area contributed by atoms with Crippen LogP contribution in [0.5, 0.6) is 5.75 Å². The van der Waals surface area contributed by atoms with Gasteiger partial charge in [-0.15, -0.1) is 11.3 Å². The zero-order chi connectivity index (χ0) is 17.9. The van der Waals surface area contributed by atoms with Gasteiger partial charge in [-0.1, -0.05) is 29.3 Å². The molecule has 26 heavy (non-hydrogen) atoms. The number of rotatable bonds is 5. The molecule has 0 unspecified atom stereocenters. The SMILES string of the molecule is Clc1ccc(COc2ccc3cc(Cc4cncs4)cnc3c2)cc1Cl. The topological polar surface area (TPSA) is 35.0 Å². The minimum Gasteiger partial charge on any atom is -0.489 e. The van der Waals surface area contributed by atoms with E-state index < -0.39 is 0 Å². The molecule has 0 fully saturated rings. The fourth-order valence-corrected chi connectivity index (χ4v) is 3.61. The van der Waals surface area contributed by atoms with E-state index in [-0.39, 0.29) is 0 Å². The zero-order valence-electron chi connectivity index (χ0n) is 13.7. The summed E-state index contributed by atoms with van der Waals surface area (Å²) in [6.07, 6.45) is 4.66. The van der Waals surface area contributed by atoms with Crippen LogP contribution >= 0.6 is 34.5 Å². The van der Waals surface area contributed by atoms with Gasteiger partial charge < -0.3 is 4.74 Å². The van der Waals surface area contributed by atoms with Crippen molar-refractivity contribution in [2.75, 3.05) is 0 Å². The molecule has 4 rings (SSSR count). The second-order valence-electron chi connectivity index (χ2n) is 5.88. The molecule has 2 aromatic heterocycles. The molecule has 3 nitrogen and oxygen atoms in total. The summed E-state index contributed by atoms with van der Waals surface area (Å²) in [5, 5.41) is 2.16. The van der Waals surface area contributed by atoms with Gasteiger partial charge in [-0.3, -0.25) is 9.97 Å². The van der Waals surface area contributed by atoms with Crippen LogP contribution in [0.4, 0.5) is 0 Å². The van der Waals surface area contributed by atoms with E-state index in [2.05, 4.69) is 16.0 Å². The highest BCUT2D eigenvalue weighted by molar-refractivity contribution is 7.09. The smallest absolute Gasteiger partial charge is 0.122 e. The highest BCUT2D eigenvalue weighted by Crippen LogP contribution is 2.25. The van der Waals surface area contributed by atoms with Crippen molar-refractivity contribution < 1.29 is 4.74 Å². The van der Waals surface area contributed by atoms with E-state index in [0.717, 1.165) is 28.6 Å². The Labute approximate surface area is 165 Å². The summed E-state index contributed by atoms with van der Waals surface area (Å²) in [5.41, 5.74) is 4.89. The van der Waals surface area contributed by atoms with Crippen molar-refractivity contribution in [1.29, 1.82) is 0 Å². The molecular formula is C20H14Cl2N2OS. The van der Waals surface area contributed by atoms with E-state index in [1.165, 1.54) is 10.4 Å². The standard InChI is InChI=1S/C20H14Cl2N2OS/c21-18-4-1-13(7-19(18)22)11-25-16-3-2-15-5-14(9-24-20(15)8-16)6-17-10-23-12-26-17/h1-5,7-10,12H,6,11H2. The predicted octanol–water partition coefficient (Wildman–Crippen LogP) is 6.17. The Kier molecular flexibility index (Phi) is 5.07. The van der Waals surface area contributed by atoms with Gasteiger partial charge in [0.1, 0.15) is 12.4 Å². The third-order valence-corrected chi connectivity index (χ3v) is 5.48. The molecule has 0 radical (unpaired) electrons. The van der Waals surface area contributed by atoms with Gasteiger partial charge in [0.05, 0.1) is 21.1 Å². The first-order chi connectivity index (χ1) is 12.7. The number of aromatic nitrogens is 2. The van der Waals surface area contributed by atoms with Crippen molar-refractivity contribution in [3.05, 3.63) is 86.4 Å². The van der Waals surface area contributed by atoms with E-state index in [4.69, 9.17) is 27.9 Å². The summed E-state index contributed by atoms with van der Waals surface area (Å²) in [6, 6.07) is 13.6. The molecule has 0 amide bonds. The molecule has 0 aliphatic carbocycles. The van der Waals surface area contributed by atoms with Crippen LogP contribution in [0.15, 0.2) is 60.4 Å². The molecule has 6 heteroatoms. The van der Waals surface area contributed by atoms with Crippen LogP contribution in [-0.4, -0.2) is 9.97 Å². The Morgan fingerprint density at radius 2 is 1.85 bits per heavy atom. The van der Waals surface area contributed by atoms with Gasteiger partial charge >= 0.3 is 0 Å². The maximum absolute atomic E-state index is 6.04. The molecule has 0 saturated heterocycles. The lowest BCUT2D eigenvalue weighted by Crippen LogP contribution is -1.96. The van der Waals surface area contributed by atoms with E-state index in [1.54, 1.807) is 17.4 Å². The van der Waals surface area contributed by atoms with Gasteiger partial charge in [0, 0.05) is 35.1 Å². The van der Waals surface area contributed by atoms with Gasteiger partial charge in [0.25, 0.3) is 0 Å². The number of ether oxygens (including phenoxy) is 1. The molecule has 0 bridgehead atoms. The monoisotopic (exact) mass is 400 g/mol. The first-order valence-corrected chi connectivity index (χ1v) is 9.64. The molecule has 0 aliphatic rings. The highest BCUT2D eigenvalue weighted by Gasteiger charge is 2.05.